The standard InChI is InChI=1S/C36H72N2/c1-4-7-9-11-13-15-17-19-20-22-24-26-28-30-32-36-37(6-3)34-35-38(36)33-31-29-27-25-23-21-18-16-14-12-10-8-5-2/h34-36H,4-33H2,1-3H3. The quantitative estimate of drug-likeness (QED) is 0.0848. The Balaban J connectivity index is 1.94. The second kappa shape index (κ2) is 27.9. The van der Waals surface area contributed by atoms with E-state index in [-0.39, 0.29) is 0 Å². The fourth-order valence-electron chi connectivity index (χ4n) is 6.27. The lowest BCUT2D eigenvalue weighted by molar-refractivity contribution is 0.142. The van der Waals surface area contributed by atoms with Gasteiger partial charge >= 0.3 is 0 Å². The Bertz CT molecular complexity index is 488. The molecule has 1 aliphatic rings. The van der Waals surface area contributed by atoms with Crippen LogP contribution in [0.1, 0.15) is 201 Å². The Labute approximate surface area is 241 Å². The summed E-state index contributed by atoms with van der Waals surface area (Å²) in [6.07, 6.45) is 45.8. The van der Waals surface area contributed by atoms with E-state index in [4.69, 9.17) is 0 Å². The molecule has 2 nitrogen and oxygen atoms in total. The molecule has 0 radical (unpaired) electrons. The highest BCUT2D eigenvalue weighted by atomic mass is 15.4. The molecule has 1 aliphatic heterocycles. The molecule has 0 saturated heterocycles. The van der Waals surface area contributed by atoms with Gasteiger partial charge in [0.15, 0.2) is 0 Å². The van der Waals surface area contributed by atoms with E-state index < -0.39 is 0 Å². The first kappa shape index (κ1) is 35.4. The van der Waals surface area contributed by atoms with Gasteiger partial charge in [-0.2, -0.15) is 0 Å². The Morgan fingerprint density at radius 1 is 0.368 bits per heavy atom. The van der Waals surface area contributed by atoms with E-state index >= 15 is 0 Å². The summed E-state index contributed by atoms with van der Waals surface area (Å²) in [5.74, 6) is 0. The predicted octanol–water partition coefficient (Wildman–Crippen LogP) is 12.4. The van der Waals surface area contributed by atoms with E-state index in [2.05, 4.69) is 43.0 Å². The second-order valence-electron chi connectivity index (χ2n) is 12.5. The van der Waals surface area contributed by atoms with Crippen molar-refractivity contribution in [3.8, 4) is 0 Å². The Morgan fingerprint density at radius 3 is 1.05 bits per heavy atom. The molecular formula is C36H72N2. The summed E-state index contributed by atoms with van der Waals surface area (Å²) in [6.45, 7) is 9.34. The van der Waals surface area contributed by atoms with Crippen molar-refractivity contribution in [1.82, 2.24) is 9.80 Å². The van der Waals surface area contributed by atoms with Crippen LogP contribution in [0.15, 0.2) is 12.4 Å². The molecular weight excluding hydrogens is 460 g/mol. The molecule has 0 aromatic rings. The van der Waals surface area contributed by atoms with Gasteiger partial charge in [0.2, 0.25) is 0 Å². The maximum absolute atomic E-state index is 2.66. The van der Waals surface area contributed by atoms with Gasteiger partial charge in [-0.15, -0.1) is 0 Å². The molecule has 0 saturated carbocycles. The van der Waals surface area contributed by atoms with Gasteiger partial charge in [0.05, 0.1) is 0 Å². The third-order valence-electron chi connectivity index (χ3n) is 8.92. The first-order valence-electron chi connectivity index (χ1n) is 18.0. The summed E-state index contributed by atoms with van der Waals surface area (Å²) < 4.78 is 0. The van der Waals surface area contributed by atoms with E-state index in [9.17, 15) is 0 Å². The Hall–Kier alpha value is -0.660. The molecule has 0 aromatic carbocycles. The zero-order chi connectivity index (χ0) is 27.4. The Kier molecular flexibility index (Phi) is 26.0. The zero-order valence-corrected chi connectivity index (χ0v) is 26.8. The topological polar surface area (TPSA) is 6.48 Å². The van der Waals surface area contributed by atoms with Gasteiger partial charge < -0.3 is 9.80 Å². The maximum Gasteiger partial charge on any atom is 0.101 e. The molecule has 0 spiro atoms. The van der Waals surface area contributed by atoms with Crippen LogP contribution in [0, 0.1) is 0 Å². The van der Waals surface area contributed by atoms with Gasteiger partial charge in [0.25, 0.3) is 0 Å². The average Bonchev–Trinajstić information content (AvgIpc) is 3.33. The van der Waals surface area contributed by atoms with Crippen molar-refractivity contribution < 1.29 is 0 Å². The van der Waals surface area contributed by atoms with Crippen LogP contribution in [0.5, 0.6) is 0 Å². The number of nitrogens with zero attached hydrogens (tertiary/aromatic N) is 2. The van der Waals surface area contributed by atoms with Crippen molar-refractivity contribution in [1.29, 1.82) is 0 Å². The normalized spacial score (nSPS) is 15.3. The third-order valence-corrected chi connectivity index (χ3v) is 8.92. The minimum atomic E-state index is 0.634. The summed E-state index contributed by atoms with van der Waals surface area (Å²) in [6, 6.07) is 0. The van der Waals surface area contributed by atoms with Crippen LogP contribution in [0.4, 0.5) is 0 Å². The predicted molar refractivity (Wildman–Crippen MR) is 173 cm³/mol. The van der Waals surface area contributed by atoms with Gasteiger partial charge in [0.1, 0.15) is 6.17 Å². The van der Waals surface area contributed by atoms with E-state index in [1.165, 1.54) is 186 Å². The summed E-state index contributed by atoms with van der Waals surface area (Å²) in [5, 5.41) is 0. The van der Waals surface area contributed by atoms with Crippen LogP contribution >= 0.6 is 0 Å². The van der Waals surface area contributed by atoms with Crippen LogP contribution < -0.4 is 0 Å². The summed E-state index contributed by atoms with van der Waals surface area (Å²) in [7, 11) is 0. The van der Waals surface area contributed by atoms with Crippen LogP contribution in [-0.2, 0) is 0 Å². The van der Waals surface area contributed by atoms with E-state index in [1.54, 1.807) is 0 Å². The molecule has 2 heteroatoms. The van der Waals surface area contributed by atoms with Crippen molar-refractivity contribution >= 4 is 0 Å². The van der Waals surface area contributed by atoms with Crippen LogP contribution in [-0.4, -0.2) is 29.1 Å². The molecule has 1 unspecified atom stereocenters. The molecule has 0 aromatic heterocycles. The van der Waals surface area contributed by atoms with E-state index in [0.29, 0.717) is 6.17 Å². The van der Waals surface area contributed by atoms with Gasteiger partial charge in [-0.25, -0.2) is 0 Å². The fourth-order valence-corrected chi connectivity index (χ4v) is 6.27. The summed E-state index contributed by atoms with van der Waals surface area (Å²) in [4.78, 5) is 5.23. The second-order valence-corrected chi connectivity index (χ2v) is 12.5. The van der Waals surface area contributed by atoms with Gasteiger partial charge in [0, 0.05) is 25.5 Å². The Morgan fingerprint density at radius 2 is 0.684 bits per heavy atom. The molecule has 0 amide bonds. The van der Waals surface area contributed by atoms with Crippen LogP contribution in [0.3, 0.4) is 0 Å². The minimum Gasteiger partial charge on any atom is -0.356 e. The number of hydrogen-bond acceptors (Lipinski definition) is 2. The molecule has 0 aliphatic carbocycles. The van der Waals surface area contributed by atoms with Gasteiger partial charge in [-0.05, 0) is 26.2 Å². The van der Waals surface area contributed by atoms with Gasteiger partial charge in [-0.3, -0.25) is 0 Å². The highest BCUT2D eigenvalue weighted by Crippen LogP contribution is 2.23. The number of rotatable bonds is 30. The number of hydrogen-bond donors (Lipinski definition) is 0. The first-order chi connectivity index (χ1) is 18.8. The smallest absolute Gasteiger partial charge is 0.101 e. The first-order valence-corrected chi connectivity index (χ1v) is 18.0. The monoisotopic (exact) mass is 533 g/mol. The average molecular weight is 533 g/mol. The largest absolute Gasteiger partial charge is 0.356 e. The SMILES string of the molecule is CCCCCCCCCCCCCCCCC1N(CC)C=CN1CCCCCCCCCCCCCCC. The lowest BCUT2D eigenvalue weighted by atomic mass is 10.0. The summed E-state index contributed by atoms with van der Waals surface area (Å²) >= 11 is 0. The van der Waals surface area contributed by atoms with Crippen LogP contribution in [0.25, 0.3) is 0 Å². The lowest BCUT2D eigenvalue weighted by Gasteiger charge is -2.32. The van der Waals surface area contributed by atoms with Crippen molar-refractivity contribution in [2.45, 2.75) is 207 Å². The zero-order valence-electron chi connectivity index (χ0n) is 26.8. The van der Waals surface area contributed by atoms with E-state index in [0.717, 1.165) is 6.54 Å². The lowest BCUT2D eigenvalue weighted by Crippen LogP contribution is -2.38. The molecule has 1 heterocycles. The molecule has 0 N–H and O–H groups in total. The molecule has 0 bridgehead atoms. The summed E-state index contributed by atoms with van der Waals surface area (Å²) in [5.41, 5.74) is 0. The molecule has 226 valence electrons. The maximum atomic E-state index is 2.66. The fraction of sp³-hybridized carbons (Fsp3) is 0.944. The third kappa shape index (κ3) is 20.3. The molecule has 0 fully saturated rings. The highest BCUT2D eigenvalue weighted by molar-refractivity contribution is 4.96. The molecule has 38 heavy (non-hydrogen) atoms. The van der Waals surface area contributed by atoms with Crippen molar-refractivity contribution in [2.24, 2.45) is 0 Å². The van der Waals surface area contributed by atoms with E-state index in [1.807, 2.05) is 0 Å². The van der Waals surface area contributed by atoms with Crippen molar-refractivity contribution in [3.05, 3.63) is 12.4 Å². The van der Waals surface area contributed by atoms with Crippen molar-refractivity contribution in [2.75, 3.05) is 13.1 Å². The van der Waals surface area contributed by atoms with Crippen LogP contribution in [0.2, 0.25) is 0 Å². The molecule has 1 atom stereocenters. The molecule has 1 rings (SSSR count). The van der Waals surface area contributed by atoms with Gasteiger partial charge in [-0.1, -0.05) is 174 Å². The minimum absolute atomic E-state index is 0.634. The number of unbranched alkanes of at least 4 members (excludes halogenated alkanes) is 25. The van der Waals surface area contributed by atoms with Crippen molar-refractivity contribution in [3.63, 3.8) is 0 Å². The highest BCUT2D eigenvalue weighted by Gasteiger charge is 2.23.